The predicted octanol–water partition coefficient (Wildman–Crippen LogP) is 3.53. The van der Waals surface area contributed by atoms with E-state index in [9.17, 15) is 9.59 Å². The van der Waals surface area contributed by atoms with Gasteiger partial charge >= 0.3 is 0 Å². The molecule has 8 nitrogen and oxygen atoms in total. The fourth-order valence-corrected chi connectivity index (χ4v) is 4.87. The molecular weight excluding hydrogens is 418 g/mol. The maximum Gasteiger partial charge on any atom is 0.267 e. The third-order valence-corrected chi connectivity index (χ3v) is 6.88. The van der Waals surface area contributed by atoms with E-state index in [1.807, 2.05) is 13.0 Å². The van der Waals surface area contributed by atoms with Gasteiger partial charge in [0.15, 0.2) is 12.1 Å². The monoisotopic (exact) mass is 453 g/mol. The summed E-state index contributed by atoms with van der Waals surface area (Å²) < 4.78 is 6.96. The summed E-state index contributed by atoms with van der Waals surface area (Å²) in [5.41, 5.74) is 3.13. The lowest BCUT2D eigenvalue weighted by atomic mass is 9.87. The number of likely N-dealkylation sites (tertiary alicyclic amines) is 1. The summed E-state index contributed by atoms with van der Waals surface area (Å²) in [5, 5.41) is 6.64. The highest BCUT2D eigenvalue weighted by atomic mass is 16.5. The van der Waals surface area contributed by atoms with Crippen molar-refractivity contribution in [2.24, 2.45) is 0 Å². The number of benzene rings is 1. The number of carbonyl (C=O) groups is 1. The summed E-state index contributed by atoms with van der Waals surface area (Å²) in [7, 11) is 2.17. The highest BCUT2D eigenvalue weighted by Gasteiger charge is 2.22. The van der Waals surface area contributed by atoms with Crippen molar-refractivity contribution in [1.82, 2.24) is 14.5 Å². The van der Waals surface area contributed by atoms with E-state index in [4.69, 9.17) is 4.74 Å². The molecule has 0 amide bonds. The fourth-order valence-electron chi connectivity index (χ4n) is 4.87. The van der Waals surface area contributed by atoms with Crippen LogP contribution in [0.25, 0.3) is 0 Å². The van der Waals surface area contributed by atoms with E-state index in [0.717, 1.165) is 44.5 Å². The summed E-state index contributed by atoms with van der Waals surface area (Å²) in [6, 6.07) is 6.46. The molecular formula is C25H35N5O3. The molecule has 3 heterocycles. The Hall–Kier alpha value is -2.71. The quantitative estimate of drug-likeness (QED) is 0.620. The molecule has 0 atom stereocenters. The van der Waals surface area contributed by atoms with Crippen LogP contribution in [0.1, 0.15) is 60.0 Å². The first-order valence-electron chi connectivity index (χ1n) is 12.0. The van der Waals surface area contributed by atoms with E-state index in [1.54, 1.807) is 0 Å². The SMILES string of the molecule is CCn1c(NC2CCOCC2)nc(Nc2ccc(C3CCN(C)CC3)c(C)c2)c(C=O)c1=O. The lowest BCUT2D eigenvalue weighted by Crippen LogP contribution is -2.34. The van der Waals surface area contributed by atoms with Gasteiger partial charge in [0.2, 0.25) is 5.95 Å². The number of carbonyl (C=O) groups excluding carboxylic acids is 1. The fraction of sp³-hybridized carbons (Fsp3) is 0.560. The summed E-state index contributed by atoms with van der Waals surface area (Å²) in [5.74, 6) is 1.35. The molecule has 2 aliphatic heterocycles. The third-order valence-electron chi connectivity index (χ3n) is 6.88. The van der Waals surface area contributed by atoms with E-state index >= 15 is 0 Å². The highest BCUT2D eigenvalue weighted by molar-refractivity contribution is 5.84. The second kappa shape index (κ2) is 10.5. The Balaban J connectivity index is 1.60. The van der Waals surface area contributed by atoms with Crippen LogP contribution < -0.4 is 16.2 Å². The topological polar surface area (TPSA) is 88.5 Å². The zero-order chi connectivity index (χ0) is 23.4. The van der Waals surface area contributed by atoms with Gasteiger partial charge < -0.3 is 20.3 Å². The number of hydrogen-bond acceptors (Lipinski definition) is 7. The Morgan fingerprint density at radius 1 is 1.18 bits per heavy atom. The zero-order valence-electron chi connectivity index (χ0n) is 19.9. The second-order valence-electron chi connectivity index (χ2n) is 9.17. The van der Waals surface area contributed by atoms with Crippen molar-refractivity contribution in [3.63, 3.8) is 0 Å². The number of piperidine rings is 1. The van der Waals surface area contributed by atoms with Crippen molar-refractivity contribution in [3.8, 4) is 0 Å². The van der Waals surface area contributed by atoms with Crippen LogP contribution in [0.4, 0.5) is 17.5 Å². The highest BCUT2D eigenvalue weighted by Crippen LogP contribution is 2.32. The normalized spacial score (nSPS) is 18.3. The molecule has 2 aliphatic rings. The molecule has 2 saturated heterocycles. The van der Waals surface area contributed by atoms with Crippen molar-refractivity contribution in [3.05, 3.63) is 45.2 Å². The maximum atomic E-state index is 13.0. The van der Waals surface area contributed by atoms with Gasteiger partial charge in [-0.2, -0.15) is 4.98 Å². The summed E-state index contributed by atoms with van der Waals surface area (Å²) in [4.78, 5) is 31.9. The summed E-state index contributed by atoms with van der Waals surface area (Å²) in [6.45, 7) is 8.05. The zero-order valence-corrected chi connectivity index (χ0v) is 19.9. The van der Waals surface area contributed by atoms with Crippen molar-refractivity contribution in [2.75, 3.05) is 44.0 Å². The number of aldehydes is 1. The van der Waals surface area contributed by atoms with Crippen LogP contribution in [0.2, 0.25) is 0 Å². The summed E-state index contributed by atoms with van der Waals surface area (Å²) in [6.07, 6.45) is 4.64. The number of nitrogens with zero attached hydrogens (tertiary/aromatic N) is 3. The Kier molecular flexibility index (Phi) is 7.45. The molecule has 0 aliphatic carbocycles. The predicted molar refractivity (Wildman–Crippen MR) is 131 cm³/mol. The van der Waals surface area contributed by atoms with Gasteiger partial charge in [-0.15, -0.1) is 0 Å². The maximum absolute atomic E-state index is 13.0. The average molecular weight is 454 g/mol. The van der Waals surface area contributed by atoms with E-state index in [1.165, 1.54) is 15.7 Å². The molecule has 0 saturated carbocycles. The van der Waals surface area contributed by atoms with Crippen LogP contribution in [0.5, 0.6) is 0 Å². The van der Waals surface area contributed by atoms with Gasteiger partial charge in [-0.1, -0.05) is 6.07 Å². The molecule has 1 aromatic heterocycles. The standard InChI is InChI=1S/C25H35N5O3/c1-4-30-24(32)22(16-31)23(28-25(30)27-19-9-13-33-14-10-19)26-20-5-6-21(17(2)15-20)18-7-11-29(3)12-8-18/h5-6,15-16,18-19,26H,4,7-14H2,1-3H3,(H,27,28). The lowest BCUT2D eigenvalue weighted by molar-refractivity contribution is 0.0902. The molecule has 2 fully saturated rings. The number of nitrogens with one attached hydrogen (secondary N) is 2. The lowest BCUT2D eigenvalue weighted by Gasteiger charge is -2.30. The van der Waals surface area contributed by atoms with Crippen LogP contribution in [-0.4, -0.2) is 60.1 Å². The molecule has 0 spiro atoms. The number of hydrogen-bond donors (Lipinski definition) is 2. The van der Waals surface area contributed by atoms with Gasteiger partial charge in [-0.3, -0.25) is 14.2 Å². The number of rotatable bonds is 7. The van der Waals surface area contributed by atoms with Crippen LogP contribution in [0.15, 0.2) is 23.0 Å². The van der Waals surface area contributed by atoms with E-state index < -0.39 is 0 Å². The molecule has 178 valence electrons. The summed E-state index contributed by atoms with van der Waals surface area (Å²) >= 11 is 0. The molecule has 0 bridgehead atoms. The van der Waals surface area contributed by atoms with Crippen LogP contribution in [-0.2, 0) is 11.3 Å². The molecule has 1 aromatic carbocycles. The van der Waals surface area contributed by atoms with Crippen molar-refractivity contribution >= 4 is 23.7 Å². The minimum atomic E-state index is -0.334. The van der Waals surface area contributed by atoms with Crippen LogP contribution >= 0.6 is 0 Å². The second-order valence-corrected chi connectivity index (χ2v) is 9.17. The van der Waals surface area contributed by atoms with Gasteiger partial charge in [0.1, 0.15) is 5.56 Å². The number of aryl methyl sites for hydroxylation is 1. The molecule has 0 radical (unpaired) electrons. The number of ether oxygens (including phenoxy) is 1. The van der Waals surface area contributed by atoms with Gasteiger partial charge in [-0.05, 0) is 88.8 Å². The molecule has 8 heteroatoms. The first kappa shape index (κ1) is 23.4. The molecule has 2 N–H and O–H groups in total. The Morgan fingerprint density at radius 2 is 1.91 bits per heavy atom. The number of aromatic nitrogens is 2. The van der Waals surface area contributed by atoms with Crippen LogP contribution in [0.3, 0.4) is 0 Å². The van der Waals surface area contributed by atoms with Gasteiger partial charge in [0, 0.05) is 31.5 Å². The van der Waals surface area contributed by atoms with Crippen LogP contribution in [0, 0.1) is 6.92 Å². The van der Waals surface area contributed by atoms with Gasteiger partial charge in [0.25, 0.3) is 5.56 Å². The van der Waals surface area contributed by atoms with Crippen molar-refractivity contribution in [1.29, 1.82) is 0 Å². The molecule has 4 rings (SSSR count). The Labute approximate surface area is 195 Å². The van der Waals surface area contributed by atoms with Gasteiger partial charge in [0.05, 0.1) is 0 Å². The number of anilines is 3. The minimum absolute atomic E-state index is 0.0476. The molecule has 0 unspecified atom stereocenters. The van der Waals surface area contributed by atoms with E-state index in [0.29, 0.717) is 43.7 Å². The largest absolute Gasteiger partial charge is 0.381 e. The van der Waals surface area contributed by atoms with Gasteiger partial charge in [-0.25, -0.2) is 0 Å². The average Bonchev–Trinajstić information content (AvgIpc) is 2.81. The minimum Gasteiger partial charge on any atom is -0.381 e. The van der Waals surface area contributed by atoms with Crippen molar-refractivity contribution < 1.29 is 9.53 Å². The Bertz CT molecular complexity index is 1040. The van der Waals surface area contributed by atoms with Crippen molar-refractivity contribution in [2.45, 2.75) is 58.0 Å². The first-order valence-corrected chi connectivity index (χ1v) is 12.0. The Morgan fingerprint density at radius 3 is 2.55 bits per heavy atom. The first-order chi connectivity index (χ1) is 16.0. The molecule has 33 heavy (non-hydrogen) atoms. The smallest absolute Gasteiger partial charge is 0.267 e. The third kappa shape index (κ3) is 5.28. The molecule has 2 aromatic rings. The van der Waals surface area contributed by atoms with E-state index in [-0.39, 0.29) is 17.2 Å². The van der Waals surface area contributed by atoms with E-state index in [2.05, 4.69) is 46.6 Å².